The fourth-order valence-corrected chi connectivity index (χ4v) is 7.17. The SMILES string of the molecule is c1ccc(-c2cc(-c3ccc(-c4ccc5ccc6c(-c7ccc8ccccc8c7)c7ccccc7nc6c5n4)cc3)cc(-c3ccccn3)n2)nc1. The van der Waals surface area contributed by atoms with Crippen LogP contribution in [-0.4, -0.2) is 24.9 Å². The van der Waals surface area contributed by atoms with E-state index in [0.717, 1.165) is 77.9 Å². The Kier molecular flexibility index (Phi) is 7.07. The maximum absolute atomic E-state index is 5.29. The molecule has 5 aromatic carbocycles. The van der Waals surface area contributed by atoms with Crippen molar-refractivity contribution in [2.45, 2.75) is 0 Å². The zero-order chi connectivity index (χ0) is 34.4. The van der Waals surface area contributed by atoms with Crippen molar-refractivity contribution in [2.24, 2.45) is 0 Å². The van der Waals surface area contributed by atoms with Crippen LogP contribution in [0.5, 0.6) is 0 Å². The lowest BCUT2D eigenvalue weighted by molar-refractivity contribution is 1.22. The van der Waals surface area contributed by atoms with Crippen molar-refractivity contribution in [3.8, 4) is 56.3 Å². The molecule has 0 aliphatic rings. The summed E-state index contributed by atoms with van der Waals surface area (Å²) in [5.74, 6) is 0. The lowest BCUT2D eigenvalue weighted by atomic mass is 9.93. The average Bonchev–Trinajstić information content (AvgIpc) is 3.23. The van der Waals surface area contributed by atoms with Gasteiger partial charge in [0.15, 0.2) is 0 Å². The molecule has 0 fully saturated rings. The molecule has 10 rings (SSSR count). The Bertz CT molecular complexity index is 2880. The van der Waals surface area contributed by atoms with Crippen LogP contribution in [0.2, 0.25) is 0 Å². The molecule has 0 saturated heterocycles. The maximum Gasteiger partial charge on any atom is 0.0978 e. The number of pyridine rings is 5. The molecule has 0 saturated carbocycles. The van der Waals surface area contributed by atoms with Crippen LogP contribution in [0, 0.1) is 0 Å². The Morgan fingerprint density at radius 3 is 1.69 bits per heavy atom. The summed E-state index contributed by atoms with van der Waals surface area (Å²) >= 11 is 0. The summed E-state index contributed by atoms with van der Waals surface area (Å²) in [6.45, 7) is 0. The lowest BCUT2D eigenvalue weighted by Gasteiger charge is -2.14. The minimum Gasteiger partial charge on any atom is -0.255 e. The van der Waals surface area contributed by atoms with Crippen LogP contribution in [-0.2, 0) is 0 Å². The van der Waals surface area contributed by atoms with E-state index in [1.54, 1.807) is 12.4 Å². The fourth-order valence-electron chi connectivity index (χ4n) is 7.17. The quantitative estimate of drug-likeness (QED) is 0.135. The molecule has 242 valence electrons. The topological polar surface area (TPSA) is 64.5 Å². The van der Waals surface area contributed by atoms with Gasteiger partial charge in [0.25, 0.3) is 0 Å². The van der Waals surface area contributed by atoms with Gasteiger partial charge in [-0.1, -0.05) is 109 Å². The molecule has 0 amide bonds. The molecule has 52 heavy (non-hydrogen) atoms. The smallest absolute Gasteiger partial charge is 0.0978 e. The second-order valence-electron chi connectivity index (χ2n) is 12.9. The minimum absolute atomic E-state index is 0.800. The van der Waals surface area contributed by atoms with E-state index in [1.165, 1.54) is 21.9 Å². The molecule has 0 spiro atoms. The summed E-state index contributed by atoms with van der Waals surface area (Å²) in [4.78, 5) is 24.6. The van der Waals surface area contributed by atoms with Crippen LogP contribution >= 0.6 is 0 Å². The van der Waals surface area contributed by atoms with Gasteiger partial charge in [-0.2, -0.15) is 0 Å². The van der Waals surface area contributed by atoms with Crippen LogP contribution in [0.3, 0.4) is 0 Å². The van der Waals surface area contributed by atoms with Gasteiger partial charge in [-0.15, -0.1) is 0 Å². The van der Waals surface area contributed by atoms with Crippen LogP contribution in [0.4, 0.5) is 0 Å². The van der Waals surface area contributed by atoms with E-state index in [1.807, 2.05) is 36.4 Å². The lowest BCUT2D eigenvalue weighted by Crippen LogP contribution is -1.94. The van der Waals surface area contributed by atoms with Gasteiger partial charge in [-0.3, -0.25) is 9.97 Å². The molecule has 5 heterocycles. The van der Waals surface area contributed by atoms with Gasteiger partial charge in [-0.05, 0) is 82.1 Å². The number of para-hydroxylation sites is 1. The van der Waals surface area contributed by atoms with E-state index in [-0.39, 0.29) is 0 Å². The summed E-state index contributed by atoms with van der Waals surface area (Å²) in [5.41, 5.74) is 12.4. The summed E-state index contributed by atoms with van der Waals surface area (Å²) < 4.78 is 0. The normalized spacial score (nSPS) is 11.5. The van der Waals surface area contributed by atoms with Gasteiger partial charge in [-0.25, -0.2) is 15.0 Å². The van der Waals surface area contributed by atoms with Crippen molar-refractivity contribution in [1.29, 1.82) is 0 Å². The van der Waals surface area contributed by atoms with Crippen molar-refractivity contribution in [3.05, 3.63) is 176 Å². The number of hydrogen-bond acceptors (Lipinski definition) is 5. The zero-order valence-electron chi connectivity index (χ0n) is 28.0. The van der Waals surface area contributed by atoms with E-state index < -0.39 is 0 Å². The Balaban J connectivity index is 1.09. The van der Waals surface area contributed by atoms with Crippen molar-refractivity contribution in [2.75, 3.05) is 0 Å². The summed E-state index contributed by atoms with van der Waals surface area (Å²) in [6.07, 6.45) is 3.59. The fraction of sp³-hybridized carbons (Fsp3) is 0. The van der Waals surface area contributed by atoms with Crippen molar-refractivity contribution < 1.29 is 0 Å². The van der Waals surface area contributed by atoms with Gasteiger partial charge in [0.2, 0.25) is 0 Å². The predicted octanol–water partition coefficient (Wildman–Crippen LogP) is 11.6. The monoisotopic (exact) mass is 663 g/mol. The molecular weight excluding hydrogens is 635 g/mol. The number of hydrogen-bond donors (Lipinski definition) is 0. The van der Waals surface area contributed by atoms with Gasteiger partial charge in [0.1, 0.15) is 0 Å². The highest BCUT2D eigenvalue weighted by Gasteiger charge is 2.16. The largest absolute Gasteiger partial charge is 0.255 e. The highest BCUT2D eigenvalue weighted by molar-refractivity contribution is 6.16. The Labute approximate surface area is 300 Å². The standard InChI is InChI=1S/C47H29N5/c1-2-10-34-27-35(20-17-30(34)9-1)45-37-11-3-4-12-40(37)52-47-38(45)23-21-33-22-24-39(51-46(33)47)32-18-15-31(16-19-32)36-28-43(41-13-5-7-25-48-41)50-44(29-36)42-14-6-8-26-49-42/h1-29H. The van der Waals surface area contributed by atoms with Crippen LogP contribution < -0.4 is 0 Å². The number of nitrogens with zero attached hydrogens (tertiary/aromatic N) is 5. The van der Waals surface area contributed by atoms with E-state index in [9.17, 15) is 0 Å². The molecular formula is C47H29N5. The maximum atomic E-state index is 5.29. The first-order valence-electron chi connectivity index (χ1n) is 17.3. The second kappa shape index (κ2) is 12.3. The van der Waals surface area contributed by atoms with Crippen LogP contribution in [0.15, 0.2) is 176 Å². The number of fused-ring (bicyclic) bond motifs is 5. The molecule has 0 aliphatic carbocycles. The Morgan fingerprint density at radius 2 is 0.942 bits per heavy atom. The molecule has 0 radical (unpaired) electrons. The Morgan fingerprint density at radius 1 is 0.308 bits per heavy atom. The molecule has 0 unspecified atom stereocenters. The van der Waals surface area contributed by atoms with Gasteiger partial charge in [0, 0.05) is 39.7 Å². The number of rotatable bonds is 5. The van der Waals surface area contributed by atoms with E-state index >= 15 is 0 Å². The molecule has 5 heteroatoms. The van der Waals surface area contributed by atoms with E-state index in [4.69, 9.17) is 15.0 Å². The molecule has 10 aromatic rings. The minimum atomic E-state index is 0.800. The van der Waals surface area contributed by atoms with Gasteiger partial charge < -0.3 is 0 Å². The zero-order valence-corrected chi connectivity index (χ0v) is 28.0. The highest BCUT2D eigenvalue weighted by atomic mass is 14.8. The predicted molar refractivity (Wildman–Crippen MR) is 213 cm³/mol. The third-order valence-corrected chi connectivity index (χ3v) is 9.74. The first-order chi connectivity index (χ1) is 25.7. The first kappa shape index (κ1) is 29.8. The van der Waals surface area contributed by atoms with Crippen molar-refractivity contribution in [3.63, 3.8) is 0 Å². The summed E-state index contributed by atoms with van der Waals surface area (Å²) in [6, 6.07) is 56.7. The van der Waals surface area contributed by atoms with Gasteiger partial charge >= 0.3 is 0 Å². The molecule has 0 N–H and O–H groups in total. The molecule has 5 nitrogen and oxygen atoms in total. The van der Waals surface area contributed by atoms with Crippen LogP contribution in [0.1, 0.15) is 0 Å². The van der Waals surface area contributed by atoms with Crippen molar-refractivity contribution in [1.82, 2.24) is 24.9 Å². The molecule has 5 aromatic heterocycles. The Hall–Kier alpha value is -7.11. The van der Waals surface area contributed by atoms with Crippen molar-refractivity contribution >= 4 is 43.5 Å². The molecule has 0 aliphatic heterocycles. The van der Waals surface area contributed by atoms with Gasteiger partial charge in [0.05, 0.1) is 45.0 Å². The third kappa shape index (κ3) is 5.24. The molecule has 0 bridgehead atoms. The number of benzene rings is 5. The third-order valence-electron chi connectivity index (χ3n) is 9.74. The highest BCUT2D eigenvalue weighted by Crippen LogP contribution is 2.39. The summed E-state index contributed by atoms with van der Waals surface area (Å²) in [7, 11) is 0. The first-order valence-corrected chi connectivity index (χ1v) is 17.3. The number of aromatic nitrogens is 5. The van der Waals surface area contributed by atoms with E-state index in [0.29, 0.717) is 0 Å². The average molecular weight is 664 g/mol. The summed E-state index contributed by atoms with van der Waals surface area (Å²) in [5, 5.41) is 5.71. The van der Waals surface area contributed by atoms with Crippen LogP contribution in [0.25, 0.3) is 99.8 Å². The van der Waals surface area contributed by atoms with E-state index in [2.05, 4.69) is 137 Å². The molecule has 0 atom stereocenters. The second-order valence-corrected chi connectivity index (χ2v) is 12.9.